The molecule has 24 heavy (non-hydrogen) atoms. The molecule has 0 atom stereocenters. The Bertz CT molecular complexity index is 530. The third-order valence-corrected chi connectivity index (χ3v) is 3.46. The van der Waals surface area contributed by atoms with E-state index in [4.69, 9.17) is 0 Å². The van der Waals surface area contributed by atoms with E-state index in [1.54, 1.807) is 13.0 Å². The van der Waals surface area contributed by atoms with Gasteiger partial charge in [-0.2, -0.15) is 0 Å². The van der Waals surface area contributed by atoms with Gasteiger partial charge in [0.05, 0.1) is 6.54 Å². The lowest BCUT2D eigenvalue weighted by molar-refractivity contribution is 0.241. The second kappa shape index (κ2) is 10.9. The molecular weight excluding hydrogens is 418 g/mol. The number of hydrogen-bond donors (Lipinski definition) is 2. The molecule has 0 aliphatic carbocycles. The van der Waals surface area contributed by atoms with Crippen LogP contribution in [0.5, 0.6) is 0 Å². The first-order valence-electron chi connectivity index (χ1n) is 8.15. The monoisotopic (exact) mass is 450 g/mol. The highest BCUT2D eigenvalue weighted by atomic mass is 127. The summed E-state index contributed by atoms with van der Waals surface area (Å²) in [7, 11) is 4.16. The van der Waals surface area contributed by atoms with E-state index in [2.05, 4.69) is 48.5 Å². The standard InChI is InChI=1S/C18H31FN4.HI/c1-7-20-17(22-12-18(3,4)13-23(5)6)21-11-15-8-9-16(19)14(2)10-15;/h8-10H,7,11-13H2,1-6H3,(H2,20,21,22);1H. The van der Waals surface area contributed by atoms with Crippen molar-refractivity contribution in [1.82, 2.24) is 15.5 Å². The Labute approximate surface area is 163 Å². The molecule has 0 aliphatic heterocycles. The maximum atomic E-state index is 13.3. The summed E-state index contributed by atoms with van der Waals surface area (Å²) >= 11 is 0. The van der Waals surface area contributed by atoms with E-state index in [-0.39, 0.29) is 35.2 Å². The summed E-state index contributed by atoms with van der Waals surface area (Å²) in [5.41, 5.74) is 1.81. The summed E-state index contributed by atoms with van der Waals surface area (Å²) in [6, 6.07) is 5.13. The lowest BCUT2D eigenvalue weighted by Crippen LogP contribution is -2.44. The molecule has 0 bridgehead atoms. The van der Waals surface area contributed by atoms with Crippen LogP contribution in [0.25, 0.3) is 0 Å². The van der Waals surface area contributed by atoms with Crippen molar-refractivity contribution >= 4 is 29.9 Å². The molecule has 2 N–H and O–H groups in total. The van der Waals surface area contributed by atoms with Crippen molar-refractivity contribution in [2.45, 2.75) is 34.2 Å². The molecule has 138 valence electrons. The van der Waals surface area contributed by atoms with Gasteiger partial charge in [-0.15, -0.1) is 24.0 Å². The van der Waals surface area contributed by atoms with Crippen LogP contribution in [-0.4, -0.2) is 44.6 Å². The van der Waals surface area contributed by atoms with Crippen molar-refractivity contribution in [1.29, 1.82) is 0 Å². The van der Waals surface area contributed by atoms with Gasteiger partial charge in [0.1, 0.15) is 5.82 Å². The average molecular weight is 450 g/mol. The number of nitrogens with zero attached hydrogens (tertiary/aromatic N) is 2. The molecule has 0 fully saturated rings. The van der Waals surface area contributed by atoms with Gasteiger partial charge in [-0.3, -0.25) is 0 Å². The zero-order valence-corrected chi connectivity index (χ0v) is 18.1. The molecule has 0 aliphatic rings. The molecule has 0 saturated carbocycles. The number of aliphatic imine (C=N–C) groups is 1. The Kier molecular flexibility index (Phi) is 10.5. The number of nitrogens with one attached hydrogen (secondary N) is 2. The van der Waals surface area contributed by atoms with Gasteiger partial charge in [0.25, 0.3) is 0 Å². The van der Waals surface area contributed by atoms with Crippen LogP contribution in [0.3, 0.4) is 0 Å². The second-order valence-electron chi connectivity index (χ2n) is 7.03. The predicted molar refractivity (Wildman–Crippen MR) is 112 cm³/mol. The summed E-state index contributed by atoms with van der Waals surface area (Å²) in [4.78, 5) is 6.78. The molecule has 6 heteroatoms. The van der Waals surface area contributed by atoms with Crippen LogP contribution < -0.4 is 10.6 Å². The molecule has 0 amide bonds. The quantitative estimate of drug-likeness (QED) is 0.380. The first-order chi connectivity index (χ1) is 10.7. The summed E-state index contributed by atoms with van der Waals surface area (Å²) in [6.45, 7) is 11.4. The number of guanidine groups is 1. The molecule has 1 rings (SSSR count). The minimum Gasteiger partial charge on any atom is -0.357 e. The SMILES string of the molecule is CCNC(=NCc1ccc(F)c(C)c1)NCC(C)(C)CN(C)C.I. The maximum absolute atomic E-state index is 13.3. The number of halogens is 2. The van der Waals surface area contributed by atoms with Crippen LogP contribution in [0.1, 0.15) is 31.9 Å². The van der Waals surface area contributed by atoms with Gasteiger partial charge in [0, 0.05) is 19.6 Å². The number of rotatable bonds is 7. The fourth-order valence-electron chi connectivity index (χ4n) is 2.55. The Morgan fingerprint density at radius 1 is 1.25 bits per heavy atom. The minimum atomic E-state index is -0.173. The van der Waals surface area contributed by atoms with Crippen LogP contribution in [-0.2, 0) is 6.54 Å². The van der Waals surface area contributed by atoms with Gasteiger partial charge < -0.3 is 15.5 Å². The fourth-order valence-corrected chi connectivity index (χ4v) is 2.55. The normalized spacial score (nSPS) is 12.1. The lowest BCUT2D eigenvalue weighted by atomic mass is 9.93. The first kappa shape index (κ1) is 23.1. The van der Waals surface area contributed by atoms with E-state index >= 15 is 0 Å². The molecule has 0 aromatic heterocycles. The summed E-state index contributed by atoms with van der Waals surface area (Å²) in [5.74, 6) is 0.620. The molecule has 1 aromatic rings. The van der Waals surface area contributed by atoms with Gasteiger partial charge in [-0.1, -0.05) is 26.0 Å². The van der Waals surface area contributed by atoms with Crippen LogP contribution in [0, 0.1) is 18.2 Å². The van der Waals surface area contributed by atoms with Crippen LogP contribution in [0.4, 0.5) is 4.39 Å². The Balaban J connectivity index is 0.00000529. The third-order valence-electron chi connectivity index (χ3n) is 3.46. The van der Waals surface area contributed by atoms with Crippen LogP contribution in [0.2, 0.25) is 0 Å². The topological polar surface area (TPSA) is 39.7 Å². The number of aryl methyl sites for hydroxylation is 1. The van der Waals surface area contributed by atoms with E-state index in [0.717, 1.165) is 31.2 Å². The lowest BCUT2D eigenvalue weighted by Gasteiger charge is -2.29. The maximum Gasteiger partial charge on any atom is 0.191 e. The molecule has 1 aromatic carbocycles. The Hall–Kier alpha value is -0.890. The zero-order valence-electron chi connectivity index (χ0n) is 15.7. The molecule has 4 nitrogen and oxygen atoms in total. The smallest absolute Gasteiger partial charge is 0.191 e. The summed E-state index contributed by atoms with van der Waals surface area (Å²) in [6.07, 6.45) is 0. The molecule has 0 unspecified atom stereocenters. The summed E-state index contributed by atoms with van der Waals surface area (Å²) in [5, 5.41) is 6.66. The highest BCUT2D eigenvalue weighted by Crippen LogP contribution is 2.14. The highest BCUT2D eigenvalue weighted by Gasteiger charge is 2.19. The van der Waals surface area contributed by atoms with Crippen molar-refractivity contribution < 1.29 is 4.39 Å². The van der Waals surface area contributed by atoms with Gasteiger partial charge in [0.2, 0.25) is 0 Å². The number of benzene rings is 1. The highest BCUT2D eigenvalue weighted by molar-refractivity contribution is 14.0. The van der Waals surface area contributed by atoms with Crippen molar-refractivity contribution in [2.24, 2.45) is 10.4 Å². The van der Waals surface area contributed by atoms with Crippen molar-refractivity contribution in [3.8, 4) is 0 Å². The number of hydrogen-bond acceptors (Lipinski definition) is 2. The van der Waals surface area contributed by atoms with Gasteiger partial charge in [-0.05, 0) is 50.6 Å². The molecule has 0 heterocycles. The Morgan fingerprint density at radius 2 is 1.92 bits per heavy atom. The van der Waals surface area contributed by atoms with Crippen LogP contribution in [0.15, 0.2) is 23.2 Å². The molecule has 0 radical (unpaired) electrons. The van der Waals surface area contributed by atoms with Gasteiger partial charge in [0.15, 0.2) is 5.96 Å². The van der Waals surface area contributed by atoms with Crippen molar-refractivity contribution in [3.05, 3.63) is 35.1 Å². The van der Waals surface area contributed by atoms with Crippen molar-refractivity contribution in [3.63, 3.8) is 0 Å². The third kappa shape index (κ3) is 8.82. The van der Waals surface area contributed by atoms with Gasteiger partial charge in [-0.25, -0.2) is 9.38 Å². The van der Waals surface area contributed by atoms with E-state index < -0.39 is 0 Å². The largest absolute Gasteiger partial charge is 0.357 e. The molecular formula is C18H32FIN4. The average Bonchev–Trinajstić information content (AvgIpc) is 2.44. The molecule has 0 saturated heterocycles. The van der Waals surface area contributed by atoms with E-state index in [1.165, 1.54) is 6.07 Å². The fraction of sp³-hybridized carbons (Fsp3) is 0.611. The van der Waals surface area contributed by atoms with Gasteiger partial charge >= 0.3 is 0 Å². The van der Waals surface area contributed by atoms with E-state index in [9.17, 15) is 4.39 Å². The zero-order chi connectivity index (χ0) is 17.5. The van der Waals surface area contributed by atoms with Crippen LogP contribution >= 0.6 is 24.0 Å². The molecule has 0 spiro atoms. The van der Waals surface area contributed by atoms with Crippen molar-refractivity contribution in [2.75, 3.05) is 33.7 Å². The van der Waals surface area contributed by atoms with E-state index in [1.807, 2.05) is 13.0 Å². The van der Waals surface area contributed by atoms with E-state index in [0.29, 0.717) is 12.1 Å². The minimum absolute atomic E-state index is 0. The predicted octanol–water partition coefficient (Wildman–Crippen LogP) is 3.40. The second-order valence-corrected chi connectivity index (χ2v) is 7.03. The summed E-state index contributed by atoms with van der Waals surface area (Å²) < 4.78 is 13.3. The Morgan fingerprint density at radius 3 is 2.46 bits per heavy atom. The first-order valence-corrected chi connectivity index (χ1v) is 8.15.